The van der Waals surface area contributed by atoms with Gasteiger partial charge in [0, 0.05) is 12.1 Å². The van der Waals surface area contributed by atoms with Crippen LogP contribution >= 0.6 is 0 Å². The lowest BCUT2D eigenvalue weighted by molar-refractivity contribution is -0.384. The monoisotopic (exact) mass is 234 g/mol. The molecule has 0 aliphatic heterocycles. The van der Waals surface area contributed by atoms with Gasteiger partial charge in [0.15, 0.2) is 0 Å². The summed E-state index contributed by atoms with van der Waals surface area (Å²) in [7, 11) is 0. The highest BCUT2D eigenvalue weighted by Crippen LogP contribution is 2.39. The second-order valence-corrected chi connectivity index (χ2v) is 4.42. The fourth-order valence-corrected chi connectivity index (χ4v) is 2.27. The van der Waals surface area contributed by atoms with Crippen LogP contribution in [0.5, 0.6) is 0 Å². The number of carbonyl (C=O) groups is 1. The number of nitrogens with zero attached hydrogens (tertiary/aromatic N) is 1. The van der Waals surface area contributed by atoms with Crippen LogP contribution < -0.4 is 5.73 Å². The summed E-state index contributed by atoms with van der Waals surface area (Å²) in [6.07, 6.45) is 3.04. The number of non-ortho nitro benzene ring substituents is 1. The molecular formula is C12H14N2O3. The Hall–Kier alpha value is -1.91. The van der Waals surface area contributed by atoms with Crippen LogP contribution in [0.25, 0.3) is 0 Å². The molecule has 0 aromatic heterocycles. The van der Waals surface area contributed by atoms with E-state index in [2.05, 4.69) is 0 Å². The Bertz CT molecular complexity index is 455. The lowest BCUT2D eigenvalue weighted by atomic mass is 9.72. The van der Waals surface area contributed by atoms with Gasteiger partial charge in [0.25, 0.3) is 5.69 Å². The smallest absolute Gasteiger partial charge is 0.269 e. The first-order chi connectivity index (χ1) is 8.09. The van der Waals surface area contributed by atoms with E-state index in [-0.39, 0.29) is 17.5 Å². The lowest BCUT2D eigenvalue weighted by Crippen LogP contribution is -2.31. The molecule has 1 atom stereocenters. The normalized spacial score (nSPS) is 17.2. The SMILES string of the molecule is NC(=O)C(c1cccc([N+](=O)[O-])c1)C1CCC1. The van der Waals surface area contributed by atoms with Crippen molar-refractivity contribution in [2.24, 2.45) is 11.7 Å². The molecule has 5 nitrogen and oxygen atoms in total. The fourth-order valence-electron chi connectivity index (χ4n) is 2.27. The van der Waals surface area contributed by atoms with Crippen molar-refractivity contribution in [2.75, 3.05) is 0 Å². The zero-order chi connectivity index (χ0) is 12.4. The van der Waals surface area contributed by atoms with E-state index < -0.39 is 10.8 Å². The molecule has 2 N–H and O–H groups in total. The minimum absolute atomic E-state index is 0.00748. The summed E-state index contributed by atoms with van der Waals surface area (Å²) in [5.41, 5.74) is 6.07. The zero-order valence-corrected chi connectivity index (χ0v) is 9.33. The van der Waals surface area contributed by atoms with Gasteiger partial charge in [-0.3, -0.25) is 14.9 Å². The highest BCUT2D eigenvalue weighted by Gasteiger charge is 2.33. The molecule has 1 amide bonds. The van der Waals surface area contributed by atoms with Crippen molar-refractivity contribution in [3.05, 3.63) is 39.9 Å². The van der Waals surface area contributed by atoms with Gasteiger partial charge < -0.3 is 5.73 Å². The number of benzene rings is 1. The molecule has 5 heteroatoms. The Kier molecular flexibility index (Phi) is 3.08. The highest BCUT2D eigenvalue weighted by molar-refractivity contribution is 5.82. The van der Waals surface area contributed by atoms with E-state index in [4.69, 9.17) is 5.73 Å². The molecule has 1 unspecified atom stereocenters. The zero-order valence-electron chi connectivity index (χ0n) is 9.33. The third-order valence-electron chi connectivity index (χ3n) is 3.37. The standard InChI is InChI=1S/C12H14N2O3/c13-12(15)11(8-3-1-4-8)9-5-2-6-10(7-9)14(16)17/h2,5-8,11H,1,3-4H2,(H2,13,15). The number of nitro groups is 1. The molecule has 0 bridgehead atoms. The van der Waals surface area contributed by atoms with Gasteiger partial charge in [-0.1, -0.05) is 18.6 Å². The number of primary amides is 1. The minimum Gasteiger partial charge on any atom is -0.369 e. The summed E-state index contributed by atoms with van der Waals surface area (Å²) in [5, 5.41) is 10.7. The van der Waals surface area contributed by atoms with Crippen molar-refractivity contribution in [2.45, 2.75) is 25.2 Å². The molecular weight excluding hydrogens is 220 g/mol. The van der Waals surface area contributed by atoms with Crippen LogP contribution in [0.3, 0.4) is 0 Å². The lowest BCUT2D eigenvalue weighted by Gasteiger charge is -2.31. The highest BCUT2D eigenvalue weighted by atomic mass is 16.6. The Balaban J connectivity index is 2.32. The van der Waals surface area contributed by atoms with E-state index in [1.807, 2.05) is 0 Å². The first-order valence-corrected chi connectivity index (χ1v) is 5.63. The Morgan fingerprint density at radius 2 is 2.18 bits per heavy atom. The Labute approximate surface area is 98.8 Å². The van der Waals surface area contributed by atoms with Crippen LogP contribution in [0.4, 0.5) is 5.69 Å². The van der Waals surface area contributed by atoms with Crippen LogP contribution in [-0.2, 0) is 4.79 Å². The van der Waals surface area contributed by atoms with Gasteiger partial charge in [-0.25, -0.2) is 0 Å². The average Bonchev–Trinajstić information content (AvgIpc) is 2.22. The summed E-state index contributed by atoms with van der Waals surface area (Å²) < 4.78 is 0. The molecule has 1 aliphatic rings. The maximum atomic E-state index is 11.5. The first kappa shape index (κ1) is 11.6. The van der Waals surface area contributed by atoms with E-state index in [1.54, 1.807) is 12.1 Å². The molecule has 1 fully saturated rings. The Morgan fingerprint density at radius 1 is 1.47 bits per heavy atom. The van der Waals surface area contributed by atoms with E-state index in [1.165, 1.54) is 12.1 Å². The fraction of sp³-hybridized carbons (Fsp3) is 0.417. The van der Waals surface area contributed by atoms with E-state index in [9.17, 15) is 14.9 Å². The molecule has 0 spiro atoms. The number of nitrogens with two attached hydrogens (primary N) is 1. The summed E-state index contributed by atoms with van der Waals surface area (Å²) in [6, 6.07) is 6.21. The van der Waals surface area contributed by atoms with Gasteiger partial charge in [-0.15, -0.1) is 0 Å². The van der Waals surface area contributed by atoms with Gasteiger partial charge in [-0.2, -0.15) is 0 Å². The predicted molar refractivity (Wildman–Crippen MR) is 62.4 cm³/mol. The second-order valence-electron chi connectivity index (χ2n) is 4.42. The van der Waals surface area contributed by atoms with Gasteiger partial charge in [0.1, 0.15) is 0 Å². The van der Waals surface area contributed by atoms with Crippen LogP contribution in [0.2, 0.25) is 0 Å². The first-order valence-electron chi connectivity index (χ1n) is 5.63. The van der Waals surface area contributed by atoms with Gasteiger partial charge >= 0.3 is 0 Å². The molecule has 1 saturated carbocycles. The quantitative estimate of drug-likeness (QED) is 0.638. The molecule has 17 heavy (non-hydrogen) atoms. The van der Waals surface area contributed by atoms with Crippen molar-refractivity contribution >= 4 is 11.6 Å². The number of rotatable bonds is 4. The second kappa shape index (κ2) is 4.53. The number of hydrogen-bond donors (Lipinski definition) is 1. The largest absolute Gasteiger partial charge is 0.369 e. The van der Waals surface area contributed by atoms with E-state index in [0.717, 1.165) is 19.3 Å². The third-order valence-corrected chi connectivity index (χ3v) is 3.37. The van der Waals surface area contributed by atoms with Crippen LogP contribution in [-0.4, -0.2) is 10.8 Å². The van der Waals surface area contributed by atoms with Crippen molar-refractivity contribution in [1.29, 1.82) is 0 Å². The van der Waals surface area contributed by atoms with Gasteiger partial charge in [0.05, 0.1) is 10.8 Å². The molecule has 2 rings (SSSR count). The molecule has 0 radical (unpaired) electrons. The van der Waals surface area contributed by atoms with Gasteiger partial charge in [-0.05, 0) is 24.3 Å². The summed E-state index contributed by atoms with van der Waals surface area (Å²) in [5.74, 6) is -0.534. The van der Waals surface area contributed by atoms with Crippen LogP contribution in [0, 0.1) is 16.0 Å². The topological polar surface area (TPSA) is 86.2 Å². The molecule has 0 saturated heterocycles. The van der Waals surface area contributed by atoms with E-state index in [0.29, 0.717) is 5.56 Å². The minimum atomic E-state index is -0.456. The molecule has 1 aromatic rings. The molecule has 90 valence electrons. The summed E-state index contributed by atoms with van der Waals surface area (Å²) >= 11 is 0. The number of nitro benzene ring substituents is 1. The summed E-state index contributed by atoms with van der Waals surface area (Å²) in [4.78, 5) is 21.7. The van der Waals surface area contributed by atoms with E-state index >= 15 is 0 Å². The van der Waals surface area contributed by atoms with Crippen molar-refractivity contribution in [1.82, 2.24) is 0 Å². The molecule has 1 aromatic carbocycles. The molecule has 1 aliphatic carbocycles. The Morgan fingerprint density at radius 3 is 2.65 bits per heavy atom. The average molecular weight is 234 g/mol. The van der Waals surface area contributed by atoms with Crippen LogP contribution in [0.15, 0.2) is 24.3 Å². The van der Waals surface area contributed by atoms with Crippen molar-refractivity contribution in [3.8, 4) is 0 Å². The number of amides is 1. The molecule has 0 heterocycles. The van der Waals surface area contributed by atoms with Crippen molar-refractivity contribution in [3.63, 3.8) is 0 Å². The third kappa shape index (κ3) is 2.27. The van der Waals surface area contributed by atoms with Crippen LogP contribution in [0.1, 0.15) is 30.7 Å². The maximum Gasteiger partial charge on any atom is 0.269 e. The van der Waals surface area contributed by atoms with Gasteiger partial charge in [0.2, 0.25) is 5.91 Å². The summed E-state index contributed by atoms with van der Waals surface area (Å²) in [6.45, 7) is 0. The number of carbonyl (C=O) groups excluding carboxylic acids is 1. The predicted octanol–water partition coefficient (Wildman–Crippen LogP) is 1.96. The number of hydrogen-bond acceptors (Lipinski definition) is 3. The van der Waals surface area contributed by atoms with Crippen molar-refractivity contribution < 1.29 is 9.72 Å². The maximum absolute atomic E-state index is 11.5.